The van der Waals surface area contributed by atoms with E-state index in [1.165, 1.54) is 44.9 Å². The van der Waals surface area contributed by atoms with Crippen LogP contribution in [0, 0.1) is 11.3 Å². The van der Waals surface area contributed by atoms with Gasteiger partial charge in [-0.25, -0.2) is 0 Å². The minimum atomic E-state index is 0.381. The number of rotatable bonds is 4. The molecule has 16 heavy (non-hydrogen) atoms. The summed E-state index contributed by atoms with van der Waals surface area (Å²) in [4.78, 5) is 12.0. The third-order valence-electron chi connectivity index (χ3n) is 4.65. The van der Waals surface area contributed by atoms with Crippen LogP contribution < -0.4 is 0 Å². The maximum Gasteiger partial charge on any atom is 0.136 e. The van der Waals surface area contributed by atoms with E-state index < -0.39 is 0 Å². The summed E-state index contributed by atoms with van der Waals surface area (Å²) < 4.78 is 0. The van der Waals surface area contributed by atoms with Crippen LogP contribution in [-0.2, 0) is 4.79 Å². The first kappa shape index (κ1) is 11.9. The van der Waals surface area contributed by atoms with Gasteiger partial charge in [0.1, 0.15) is 5.78 Å². The van der Waals surface area contributed by atoms with Crippen molar-refractivity contribution >= 4 is 5.78 Å². The Balaban J connectivity index is 1.90. The second-order valence-corrected chi connectivity index (χ2v) is 5.79. The summed E-state index contributed by atoms with van der Waals surface area (Å²) >= 11 is 0. The molecule has 0 saturated heterocycles. The highest BCUT2D eigenvalue weighted by Crippen LogP contribution is 2.50. The highest BCUT2D eigenvalue weighted by atomic mass is 16.1. The molecule has 0 aromatic heterocycles. The zero-order valence-electron chi connectivity index (χ0n) is 10.3. The van der Waals surface area contributed by atoms with Crippen LogP contribution >= 0.6 is 0 Å². The van der Waals surface area contributed by atoms with Gasteiger partial charge < -0.3 is 0 Å². The van der Waals surface area contributed by atoms with Gasteiger partial charge in [-0.05, 0) is 43.9 Å². The summed E-state index contributed by atoms with van der Waals surface area (Å²) in [5, 5.41) is 0. The summed E-state index contributed by atoms with van der Waals surface area (Å²) in [6, 6.07) is 0. The summed E-state index contributed by atoms with van der Waals surface area (Å²) in [6.07, 6.45) is 14.0. The Morgan fingerprint density at radius 1 is 1.25 bits per heavy atom. The van der Waals surface area contributed by atoms with Gasteiger partial charge in [-0.2, -0.15) is 0 Å². The van der Waals surface area contributed by atoms with Crippen molar-refractivity contribution in [3.63, 3.8) is 0 Å². The lowest BCUT2D eigenvalue weighted by molar-refractivity contribution is -0.125. The van der Waals surface area contributed by atoms with E-state index in [2.05, 4.69) is 6.58 Å². The number of carbonyl (C=O) groups excluding carboxylic acids is 1. The molecule has 1 spiro atoms. The molecule has 1 unspecified atom stereocenters. The molecular weight excluding hydrogens is 196 g/mol. The highest BCUT2D eigenvalue weighted by molar-refractivity contribution is 5.81. The van der Waals surface area contributed by atoms with Crippen LogP contribution in [0.1, 0.15) is 64.2 Å². The van der Waals surface area contributed by atoms with E-state index in [0.29, 0.717) is 17.1 Å². The van der Waals surface area contributed by atoms with Crippen molar-refractivity contribution in [3.8, 4) is 0 Å². The number of ketones is 1. The smallest absolute Gasteiger partial charge is 0.136 e. The molecule has 90 valence electrons. The molecular formula is C15H24O. The Kier molecular flexibility index (Phi) is 3.83. The van der Waals surface area contributed by atoms with Gasteiger partial charge in [-0.3, -0.25) is 4.79 Å². The monoisotopic (exact) mass is 220 g/mol. The quantitative estimate of drug-likeness (QED) is 0.646. The second kappa shape index (κ2) is 5.16. The first-order valence-corrected chi connectivity index (χ1v) is 6.89. The van der Waals surface area contributed by atoms with Crippen molar-refractivity contribution in [1.29, 1.82) is 0 Å². The molecule has 2 fully saturated rings. The zero-order chi connectivity index (χ0) is 11.4. The Labute approximate surface area is 99.3 Å². The normalized spacial score (nSPS) is 28.1. The molecule has 0 bridgehead atoms. The van der Waals surface area contributed by atoms with E-state index in [0.717, 1.165) is 19.3 Å². The molecule has 0 N–H and O–H groups in total. The van der Waals surface area contributed by atoms with Gasteiger partial charge in [0, 0.05) is 12.3 Å². The van der Waals surface area contributed by atoms with Gasteiger partial charge in [0.25, 0.3) is 0 Å². The van der Waals surface area contributed by atoms with Crippen molar-refractivity contribution < 1.29 is 4.79 Å². The number of hydrogen-bond acceptors (Lipinski definition) is 1. The predicted octanol–water partition coefficient (Wildman–Crippen LogP) is 4.27. The van der Waals surface area contributed by atoms with Crippen LogP contribution in [-0.4, -0.2) is 5.78 Å². The number of hydrogen-bond donors (Lipinski definition) is 0. The van der Waals surface area contributed by atoms with Crippen molar-refractivity contribution in [2.75, 3.05) is 0 Å². The van der Waals surface area contributed by atoms with Crippen LogP contribution in [0.5, 0.6) is 0 Å². The lowest BCUT2D eigenvalue weighted by atomic mass is 9.67. The minimum Gasteiger partial charge on any atom is -0.299 e. The lowest BCUT2D eigenvalue weighted by Gasteiger charge is -2.37. The van der Waals surface area contributed by atoms with Crippen molar-refractivity contribution in [3.05, 3.63) is 12.7 Å². The number of allylic oxidation sites excluding steroid dienone is 1. The van der Waals surface area contributed by atoms with Crippen LogP contribution in [0.3, 0.4) is 0 Å². The number of Topliss-reactive ketones (excluding diaryl/α,β-unsaturated/α-hetero) is 1. The van der Waals surface area contributed by atoms with Gasteiger partial charge >= 0.3 is 0 Å². The topological polar surface area (TPSA) is 17.1 Å². The average Bonchev–Trinajstić information content (AvgIpc) is 2.74. The number of carbonyl (C=O) groups is 1. The third-order valence-corrected chi connectivity index (χ3v) is 4.65. The maximum absolute atomic E-state index is 12.0. The molecule has 0 aliphatic heterocycles. The third kappa shape index (κ3) is 2.56. The van der Waals surface area contributed by atoms with E-state index in [1.807, 2.05) is 6.08 Å². The summed E-state index contributed by atoms with van der Waals surface area (Å²) in [5.74, 6) is 0.887. The van der Waals surface area contributed by atoms with E-state index in [1.54, 1.807) is 0 Å². The van der Waals surface area contributed by atoms with Crippen molar-refractivity contribution in [2.24, 2.45) is 11.3 Å². The molecule has 0 aromatic carbocycles. The summed E-state index contributed by atoms with van der Waals surface area (Å²) in [7, 11) is 0. The molecule has 1 heteroatoms. The van der Waals surface area contributed by atoms with Gasteiger partial charge in [0.2, 0.25) is 0 Å². The second-order valence-electron chi connectivity index (χ2n) is 5.79. The fraction of sp³-hybridized carbons (Fsp3) is 0.800. The Morgan fingerprint density at radius 3 is 2.62 bits per heavy atom. The van der Waals surface area contributed by atoms with Gasteiger partial charge in [0.05, 0.1) is 0 Å². The molecule has 1 nitrogen and oxygen atoms in total. The average molecular weight is 220 g/mol. The summed E-state index contributed by atoms with van der Waals surface area (Å²) in [6.45, 7) is 3.70. The largest absolute Gasteiger partial charge is 0.299 e. The van der Waals surface area contributed by atoms with E-state index in [4.69, 9.17) is 0 Å². The Hall–Kier alpha value is -0.590. The van der Waals surface area contributed by atoms with E-state index in [9.17, 15) is 4.79 Å². The van der Waals surface area contributed by atoms with Crippen LogP contribution in [0.15, 0.2) is 12.7 Å². The standard InChI is InChI=1S/C15H24O/c1-2-3-8-14(16)13-7-6-11-15(12-13)9-4-5-10-15/h2,13H,1,3-12H2. The van der Waals surface area contributed by atoms with Gasteiger partial charge in [0.15, 0.2) is 0 Å². The fourth-order valence-corrected chi connectivity index (χ4v) is 3.75. The minimum absolute atomic E-state index is 0.381. The molecule has 2 rings (SSSR count). The SMILES string of the molecule is C=CCCC(=O)C1CCCC2(CCCC2)C1. The molecule has 1 atom stereocenters. The Morgan fingerprint density at radius 2 is 1.94 bits per heavy atom. The maximum atomic E-state index is 12.0. The van der Waals surface area contributed by atoms with Crippen LogP contribution in [0.25, 0.3) is 0 Å². The first-order valence-electron chi connectivity index (χ1n) is 6.89. The lowest BCUT2D eigenvalue weighted by Crippen LogP contribution is -2.30. The van der Waals surface area contributed by atoms with E-state index in [-0.39, 0.29) is 0 Å². The molecule has 0 aromatic rings. The van der Waals surface area contributed by atoms with Gasteiger partial charge in [-0.15, -0.1) is 6.58 Å². The first-order chi connectivity index (χ1) is 7.76. The molecule has 0 amide bonds. The van der Waals surface area contributed by atoms with E-state index >= 15 is 0 Å². The zero-order valence-corrected chi connectivity index (χ0v) is 10.3. The van der Waals surface area contributed by atoms with Crippen molar-refractivity contribution in [2.45, 2.75) is 64.2 Å². The molecule has 0 radical (unpaired) electrons. The molecule has 0 heterocycles. The van der Waals surface area contributed by atoms with Crippen molar-refractivity contribution in [1.82, 2.24) is 0 Å². The molecule has 2 saturated carbocycles. The summed E-state index contributed by atoms with van der Waals surface area (Å²) in [5.41, 5.74) is 0.576. The molecule has 2 aliphatic rings. The predicted molar refractivity (Wildman–Crippen MR) is 67.3 cm³/mol. The van der Waals surface area contributed by atoms with Crippen LogP contribution in [0.2, 0.25) is 0 Å². The highest BCUT2D eigenvalue weighted by Gasteiger charge is 2.40. The molecule has 2 aliphatic carbocycles. The fourth-order valence-electron chi connectivity index (χ4n) is 3.75. The Bertz CT molecular complexity index is 261. The van der Waals surface area contributed by atoms with Gasteiger partial charge in [-0.1, -0.05) is 25.3 Å². The van der Waals surface area contributed by atoms with Crippen LogP contribution in [0.4, 0.5) is 0 Å².